The molecule has 0 aromatic carbocycles. The summed E-state index contributed by atoms with van der Waals surface area (Å²) in [4.78, 5) is 31.0. The molecule has 0 saturated heterocycles. The topological polar surface area (TPSA) is 124 Å². The van der Waals surface area contributed by atoms with Crippen LogP contribution in [-0.4, -0.2) is 19.6 Å². The van der Waals surface area contributed by atoms with E-state index in [0.29, 0.717) is 0 Å². The van der Waals surface area contributed by atoms with Gasteiger partial charge in [-0.15, -0.1) is 0 Å². The van der Waals surface area contributed by atoms with Crippen molar-refractivity contribution in [2.45, 2.75) is 0 Å². The molecule has 0 aromatic heterocycles. The van der Waals surface area contributed by atoms with Crippen molar-refractivity contribution in [3.63, 3.8) is 0 Å². The van der Waals surface area contributed by atoms with Crippen LogP contribution in [-0.2, 0) is 35.2 Å². The Balaban J connectivity index is -0.000000107. The van der Waals surface area contributed by atoms with Crippen LogP contribution in [0.5, 0.6) is 0 Å². The minimum absolute atomic E-state index is 0. The third-order valence-corrected chi connectivity index (χ3v) is 1.91. The van der Waals surface area contributed by atoms with E-state index in [1.165, 1.54) is 0 Å². The van der Waals surface area contributed by atoms with Gasteiger partial charge in [0, 0.05) is 21.7 Å². The van der Waals surface area contributed by atoms with Crippen LogP contribution in [0.2, 0.25) is 0 Å². The zero-order valence-corrected chi connectivity index (χ0v) is 10.8. The average molecular weight is 250 g/mol. The third-order valence-electron chi connectivity index (χ3n) is 0.213. The molecule has 0 atom stereocenters. The first kappa shape index (κ1) is 18.7. The first-order valence-electron chi connectivity index (χ1n) is 1.53. The van der Waals surface area contributed by atoms with Gasteiger partial charge in [0.25, 0.3) is 0 Å². The maximum Gasteiger partial charge on any atom is 1.00 e. The summed E-state index contributed by atoms with van der Waals surface area (Å²) in [6.45, 7) is 0. The smallest absolute Gasteiger partial charge is 1.00 e. The van der Waals surface area contributed by atoms with Crippen LogP contribution < -0.4 is 29.6 Å². The molecule has 0 rings (SSSR count). The molecule has 0 aliphatic carbocycles. The predicted octanol–water partition coefficient (Wildman–Crippen LogP) is -3.70. The van der Waals surface area contributed by atoms with Gasteiger partial charge in [0.2, 0.25) is 0 Å². The molecule has 11 heavy (non-hydrogen) atoms. The molecule has 0 aliphatic heterocycles. The van der Waals surface area contributed by atoms with Crippen molar-refractivity contribution in [2.75, 3.05) is 0 Å². The van der Waals surface area contributed by atoms with Crippen LogP contribution in [0.1, 0.15) is 1.43 Å². The van der Waals surface area contributed by atoms with E-state index in [2.05, 4.69) is 4.31 Å². The Bertz CT molecular complexity index is 162. The molecule has 0 fully saturated rings. The van der Waals surface area contributed by atoms with E-state index in [-0.39, 0.29) is 52.7 Å². The molecule has 4 N–H and O–H groups in total. The van der Waals surface area contributed by atoms with Gasteiger partial charge in [0.05, 0.1) is 0 Å². The van der Waals surface area contributed by atoms with Gasteiger partial charge in [0.15, 0.2) is 0 Å². The summed E-state index contributed by atoms with van der Waals surface area (Å²) in [5.41, 5.74) is 0. The Kier molecular flexibility index (Phi) is 10.9. The molecule has 0 heterocycles. The minimum Gasteiger partial charge on any atom is -1.00 e. The van der Waals surface area contributed by atoms with Crippen molar-refractivity contribution in [3.05, 3.63) is 0 Å². The van der Waals surface area contributed by atoms with Gasteiger partial charge in [-0.1, -0.05) is 0 Å². The van der Waals surface area contributed by atoms with Crippen molar-refractivity contribution >= 4 is 15.6 Å². The van der Waals surface area contributed by atoms with Crippen LogP contribution in [0.25, 0.3) is 0 Å². The molecule has 0 aliphatic rings. The van der Waals surface area contributed by atoms with Crippen LogP contribution in [0.15, 0.2) is 0 Å². The van der Waals surface area contributed by atoms with Crippen LogP contribution >= 0.6 is 15.6 Å². The average Bonchev–Trinajstić information content (AvgIpc) is 1.14. The summed E-state index contributed by atoms with van der Waals surface area (Å²) in [5, 5.41) is 0. The molecule has 0 radical (unpaired) electrons. The minimum atomic E-state index is -5.05. The van der Waals surface area contributed by atoms with Crippen LogP contribution in [0.4, 0.5) is 0 Å². The van der Waals surface area contributed by atoms with Gasteiger partial charge in [-0.2, -0.15) is 4.31 Å². The SMILES string of the molecule is O=P(O)(O)OP(=O)(O)O.[H-].[Na+].[Ti]. The van der Waals surface area contributed by atoms with E-state index in [1.807, 2.05) is 0 Å². The number of phosphoric acid groups is 2. The fourth-order valence-electron chi connectivity index (χ4n) is 0.139. The molecule has 0 aromatic rings. The van der Waals surface area contributed by atoms with Crippen LogP contribution in [0.3, 0.4) is 0 Å². The van der Waals surface area contributed by atoms with Gasteiger partial charge < -0.3 is 21.0 Å². The molecule has 0 amide bonds. The summed E-state index contributed by atoms with van der Waals surface area (Å²) in [6, 6.07) is 0. The molecular weight excluding hydrogens is 245 g/mol. The standard InChI is InChI=1S/Na.H4O7P2.Ti.H/c;1-8(2,3)7-9(4,5)6;;/h;(H2,1,2,3)(H2,4,5,6);;/q+1;;;-1. The maximum atomic E-state index is 9.63. The molecule has 0 saturated carbocycles. The van der Waals surface area contributed by atoms with Crippen molar-refractivity contribution in [2.24, 2.45) is 0 Å². The zero-order valence-electron chi connectivity index (χ0n) is 6.41. The van der Waals surface area contributed by atoms with E-state index >= 15 is 0 Å². The third kappa shape index (κ3) is 18.7. The quantitative estimate of drug-likeness (QED) is 0.293. The summed E-state index contributed by atoms with van der Waals surface area (Å²) < 4.78 is 22.2. The Labute approximate surface area is 101 Å². The summed E-state index contributed by atoms with van der Waals surface area (Å²) in [7, 11) is -10.1. The first-order chi connectivity index (χ1) is 3.71. The number of hydrogen-bond acceptors (Lipinski definition) is 3. The molecule has 62 valence electrons. The molecule has 0 bridgehead atoms. The molecule has 11 heteroatoms. The Hall–Kier alpha value is 1.97. The number of rotatable bonds is 2. The Morgan fingerprint density at radius 3 is 1.18 bits per heavy atom. The normalized spacial score (nSPS) is 11.3. The molecule has 0 spiro atoms. The summed E-state index contributed by atoms with van der Waals surface area (Å²) in [5.74, 6) is 0. The van der Waals surface area contributed by atoms with Crippen molar-refractivity contribution < 1.29 is 85.7 Å². The van der Waals surface area contributed by atoms with E-state index in [1.54, 1.807) is 0 Å². The van der Waals surface area contributed by atoms with E-state index in [9.17, 15) is 9.13 Å². The summed E-state index contributed by atoms with van der Waals surface area (Å²) in [6.07, 6.45) is 0. The van der Waals surface area contributed by atoms with Crippen LogP contribution in [0, 0.1) is 0 Å². The Morgan fingerprint density at radius 2 is 1.18 bits per heavy atom. The van der Waals surface area contributed by atoms with Crippen molar-refractivity contribution in [1.29, 1.82) is 0 Å². The largest absolute Gasteiger partial charge is 1.00 e. The van der Waals surface area contributed by atoms with Gasteiger partial charge in [-0.3, -0.25) is 0 Å². The molecule has 0 unspecified atom stereocenters. The van der Waals surface area contributed by atoms with E-state index in [4.69, 9.17) is 19.6 Å². The molecule has 7 nitrogen and oxygen atoms in total. The summed E-state index contributed by atoms with van der Waals surface area (Å²) >= 11 is 0. The second-order valence-corrected chi connectivity index (χ2v) is 3.68. The first-order valence-corrected chi connectivity index (χ1v) is 4.59. The second kappa shape index (κ2) is 6.43. The van der Waals surface area contributed by atoms with Gasteiger partial charge in [-0.05, 0) is 0 Å². The maximum absolute atomic E-state index is 9.63. The van der Waals surface area contributed by atoms with E-state index < -0.39 is 15.6 Å². The molecular formula is H5NaO7P2Ti. The van der Waals surface area contributed by atoms with Crippen molar-refractivity contribution in [3.8, 4) is 0 Å². The van der Waals surface area contributed by atoms with Gasteiger partial charge in [-0.25, -0.2) is 9.13 Å². The van der Waals surface area contributed by atoms with Crippen molar-refractivity contribution in [1.82, 2.24) is 0 Å². The predicted molar refractivity (Wildman–Crippen MR) is 26.3 cm³/mol. The second-order valence-electron chi connectivity index (χ2n) is 1.06. The Morgan fingerprint density at radius 1 is 1.00 bits per heavy atom. The monoisotopic (exact) mass is 250 g/mol. The number of hydrogen-bond donors (Lipinski definition) is 4. The van der Waals surface area contributed by atoms with Gasteiger partial charge >= 0.3 is 45.2 Å². The van der Waals surface area contributed by atoms with Gasteiger partial charge in [0.1, 0.15) is 0 Å². The van der Waals surface area contributed by atoms with E-state index in [0.717, 1.165) is 0 Å². The zero-order chi connectivity index (χ0) is 7.71. The fraction of sp³-hybridized carbons (Fsp3) is 0. The fourth-order valence-corrected chi connectivity index (χ4v) is 1.25.